The van der Waals surface area contributed by atoms with E-state index in [1.54, 1.807) is 4.90 Å². The van der Waals surface area contributed by atoms with Gasteiger partial charge in [-0.05, 0) is 13.3 Å². The summed E-state index contributed by atoms with van der Waals surface area (Å²) in [6, 6.07) is -0.989. The van der Waals surface area contributed by atoms with Crippen molar-refractivity contribution in [1.29, 1.82) is 0 Å². The largest absolute Gasteiger partial charge is 0.468 e. The monoisotopic (exact) mass is 338 g/mol. The number of nitrogens with zero attached hydrogens (tertiary/aromatic N) is 1. The Bertz CT molecular complexity index is 480. The quantitative estimate of drug-likeness (QED) is 0.609. The predicted octanol–water partition coefficient (Wildman–Crippen LogP) is -0.744. The second-order valence-electron chi connectivity index (χ2n) is 4.88. The number of amides is 1. The van der Waals surface area contributed by atoms with Gasteiger partial charge in [-0.3, -0.25) is 9.59 Å². The zero-order valence-electron chi connectivity index (χ0n) is 12.3. The van der Waals surface area contributed by atoms with Crippen molar-refractivity contribution >= 4 is 33.5 Å². The van der Waals surface area contributed by atoms with Crippen LogP contribution < -0.4 is 5.73 Å². The molecule has 0 radical (unpaired) electrons. The highest BCUT2D eigenvalue weighted by atomic mass is 32.2. The Morgan fingerprint density at radius 2 is 2.14 bits per heavy atom. The molecule has 1 aliphatic heterocycles. The number of nitrogens with two attached hydrogens (primary N) is 1. The SMILES string of the molecule is CCN(C(=O)CSCC(N)C(=O)OC)C1CCS(=O)(=O)C1. The van der Waals surface area contributed by atoms with Crippen LogP contribution in [0.5, 0.6) is 0 Å². The molecule has 0 bridgehead atoms. The molecular formula is C12H22N2O5S2. The molecule has 0 aromatic carbocycles. The molecule has 122 valence electrons. The Morgan fingerprint density at radius 1 is 1.48 bits per heavy atom. The number of esters is 1. The van der Waals surface area contributed by atoms with Gasteiger partial charge in [0.05, 0.1) is 24.4 Å². The van der Waals surface area contributed by atoms with Gasteiger partial charge in [-0.1, -0.05) is 0 Å². The number of carbonyl (C=O) groups excluding carboxylic acids is 2. The molecule has 0 saturated carbocycles. The summed E-state index contributed by atoms with van der Waals surface area (Å²) in [7, 11) is -1.75. The molecule has 2 unspecified atom stereocenters. The van der Waals surface area contributed by atoms with Gasteiger partial charge in [0.1, 0.15) is 6.04 Å². The number of rotatable bonds is 7. The van der Waals surface area contributed by atoms with Crippen LogP contribution in [0.2, 0.25) is 0 Å². The van der Waals surface area contributed by atoms with E-state index in [2.05, 4.69) is 4.74 Å². The number of methoxy groups -OCH3 is 1. The Kier molecular flexibility index (Phi) is 6.95. The van der Waals surface area contributed by atoms with Crippen LogP contribution in [0.15, 0.2) is 0 Å². The third kappa shape index (κ3) is 5.48. The maximum absolute atomic E-state index is 12.1. The Hall–Kier alpha value is -0.800. The van der Waals surface area contributed by atoms with E-state index in [1.165, 1.54) is 18.9 Å². The average molecular weight is 338 g/mol. The van der Waals surface area contributed by atoms with Gasteiger partial charge >= 0.3 is 5.97 Å². The lowest BCUT2D eigenvalue weighted by Gasteiger charge is -2.26. The molecule has 1 rings (SSSR count). The van der Waals surface area contributed by atoms with E-state index in [4.69, 9.17) is 5.73 Å². The highest BCUT2D eigenvalue weighted by Crippen LogP contribution is 2.18. The molecule has 21 heavy (non-hydrogen) atoms. The Labute approximate surface area is 129 Å². The third-order valence-electron chi connectivity index (χ3n) is 3.34. The van der Waals surface area contributed by atoms with Gasteiger partial charge in [-0.25, -0.2) is 8.42 Å². The Morgan fingerprint density at radius 3 is 2.62 bits per heavy atom. The minimum atomic E-state index is -3.01. The molecule has 0 aliphatic carbocycles. The minimum absolute atomic E-state index is 0.0406. The number of ether oxygens (including phenoxy) is 1. The molecule has 0 aromatic heterocycles. The van der Waals surface area contributed by atoms with E-state index in [9.17, 15) is 18.0 Å². The summed E-state index contributed by atoms with van der Waals surface area (Å²) in [5, 5.41) is 0. The first-order chi connectivity index (χ1) is 9.80. The van der Waals surface area contributed by atoms with Crippen LogP contribution in [0.25, 0.3) is 0 Å². The van der Waals surface area contributed by atoms with Gasteiger partial charge in [0, 0.05) is 18.3 Å². The zero-order valence-corrected chi connectivity index (χ0v) is 13.9. The fourth-order valence-corrected chi connectivity index (χ4v) is 4.81. The van der Waals surface area contributed by atoms with E-state index >= 15 is 0 Å². The third-order valence-corrected chi connectivity index (χ3v) is 6.13. The van der Waals surface area contributed by atoms with Crippen molar-refractivity contribution in [2.45, 2.75) is 25.4 Å². The predicted molar refractivity (Wildman–Crippen MR) is 81.8 cm³/mol. The molecule has 1 fully saturated rings. The van der Waals surface area contributed by atoms with E-state index in [1.807, 2.05) is 6.92 Å². The van der Waals surface area contributed by atoms with E-state index in [-0.39, 0.29) is 29.2 Å². The fourth-order valence-electron chi connectivity index (χ4n) is 2.23. The first-order valence-corrected chi connectivity index (χ1v) is 9.69. The van der Waals surface area contributed by atoms with Crippen molar-refractivity contribution in [2.75, 3.05) is 36.7 Å². The summed E-state index contributed by atoms with van der Waals surface area (Å²) in [5.41, 5.74) is 5.58. The van der Waals surface area contributed by atoms with E-state index < -0.39 is 21.8 Å². The van der Waals surface area contributed by atoms with Crippen LogP contribution in [0, 0.1) is 0 Å². The lowest BCUT2D eigenvalue weighted by molar-refractivity contribution is -0.141. The van der Waals surface area contributed by atoms with Gasteiger partial charge in [0.2, 0.25) is 5.91 Å². The van der Waals surface area contributed by atoms with Crippen LogP contribution in [0.4, 0.5) is 0 Å². The number of hydrogen-bond donors (Lipinski definition) is 1. The maximum Gasteiger partial charge on any atom is 0.323 e. The van der Waals surface area contributed by atoms with Crippen LogP contribution in [-0.2, 0) is 24.2 Å². The average Bonchev–Trinajstić information content (AvgIpc) is 2.78. The first kappa shape index (κ1) is 18.2. The zero-order chi connectivity index (χ0) is 16.0. The van der Waals surface area contributed by atoms with Gasteiger partial charge < -0.3 is 15.4 Å². The molecular weight excluding hydrogens is 316 g/mol. The standard InChI is InChI=1S/C12H22N2O5S2/c1-3-14(9-4-5-21(17,18)8-9)11(15)7-20-6-10(13)12(16)19-2/h9-10H,3-8,13H2,1-2H3. The van der Waals surface area contributed by atoms with Crippen LogP contribution in [-0.4, -0.2) is 73.9 Å². The van der Waals surface area contributed by atoms with Crippen molar-refractivity contribution in [3.8, 4) is 0 Å². The van der Waals surface area contributed by atoms with Gasteiger partial charge in [-0.15, -0.1) is 11.8 Å². The summed E-state index contributed by atoms with van der Waals surface area (Å²) in [5.74, 6) is 0.0141. The van der Waals surface area contributed by atoms with Crippen molar-refractivity contribution in [3.63, 3.8) is 0 Å². The van der Waals surface area contributed by atoms with E-state index in [0.29, 0.717) is 18.7 Å². The number of hydrogen-bond acceptors (Lipinski definition) is 7. The molecule has 1 amide bonds. The molecule has 7 nitrogen and oxygen atoms in total. The lowest BCUT2D eigenvalue weighted by Crippen LogP contribution is -2.42. The van der Waals surface area contributed by atoms with E-state index in [0.717, 1.165) is 0 Å². The second kappa shape index (κ2) is 8.00. The van der Waals surface area contributed by atoms with Crippen LogP contribution >= 0.6 is 11.8 Å². The summed E-state index contributed by atoms with van der Waals surface area (Å²) in [6.07, 6.45) is 0.494. The highest BCUT2D eigenvalue weighted by molar-refractivity contribution is 8.00. The molecule has 9 heteroatoms. The smallest absolute Gasteiger partial charge is 0.323 e. The molecule has 2 N–H and O–H groups in total. The molecule has 0 aromatic rings. The van der Waals surface area contributed by atoms with Gasteiger partial charge in [-0.2, -0.15) is 0 Å². The number of carbonyl (C=O) groups is 2. The normalized spacial score (nSPS) is 21.8. The summed E-state index contributed by atoms with van der Waals surface area (Å²) in [6.45, 7) is 2.30. The topological polar surface area (TPSA) is 107 Å². The molecule has 0 spiro atoms. The molecule has 1 aliphatic rings. The van der Waals surface area contributed by atoms with Crippen molar-refractivity contribution in [2.24, 2.45) is 5.73 Å². The summed E-state index contributed by atoms with van der Waals surface area (Å²) in [4.78, 5) is 24.9. The van der Waals surface area contributed by atoms with Crippen molar-refractivity contribution < 1.29 is 22.7 Å². The summed E-state index contributed by atoms with van der Waals surface area (Å²) < 4.78 is 27.5. The first-order valence-electron chi connectivity index (χ1n) is 6.71. The van der Waals surface area contributed by atoms with Gasteiger partial charge in [0.25, 0.3) is 0 Å². The van der Waals surface area contributed by atoms with Crippen LogP contribution in [0.3, 0.4) is 0 Å². The lowest BCUT2D eigenvalue weighted by atomic mass is 10.2. The number of sulfone groups is 1. The fraction of sp³-hybridized carbons (Fsp3) is 0.833. The van der Waals surface area contributed by atoms with Gasteiger partial charge in [0.15, 0.2) is 9.84 Å². The van der Waals surface area contributed by atoms with Crippen molar-refractivity contribution in [1.82, 2.24) is 4.90 Å². The van der Waals surface area contributed by atoms with Crippen LogP contribution in [0.1, 0.15) is 13.3 Å². The highest BCUT2D eigenvalue weighted by Gasteiger charge is 2.33. The molecule has 1 saturated heterocycles. The Balaban J connectivity index is 2.44. The number of thioether (sulfide) groups is 1. The van der Waals surface area contributed by atoms with Crippen molar-refractivity contribution in [3.05, 3.63) is 0 Å². The molecule has 2 atom stereocenters. The maximum atomic E-state index is 12.1. The summed E-state index contributed by atoms with van der Waals surface area (Å²) >= 11 is 1.25. The minimum Gasteiger partial charge on any atom is -0.468 e. The molecule has 1 heterocycles. The second-order valence-corrected chi connectivity index (χ2v) is 8.14.